The number of fused-ring (bicyclic) bond motifs is 1. The Morgan fingerprint density at radius 3 is 3.00 bits per heavy atom. The second-order valence-corrected chi connectivity index (χ2v) is 4.33. The number of hydrogen-bond donors (Lipinski definition) is 1. The van der Waals surface area contributed by atoms with Crippen LogP contribution in [0.5, 0.6) is 0 Å². The minimum absolute atomic E-state index is 0.0496. The van der Waals surface area contributed by atoms with Crippen LogP contribution in [0.25, 0.3) is 0 Å². The normalized spacial score (nSPS) is 38.6. The van der Waals surface area contributed by atoms with E-state index < -0.39 is 5.97 Å². The molecule has 1 saturated heterocycles. The Morgan fingerprint density at radius 1 is 1.60 bits per heavy atom. The van der Waals surface area contributed by atoms with Gasteiger partial charge in [0, 0.05) is 11.8 Å². The maximum Gasteiger partial charge on any atom is 0.306 e. The Balaban J connectivity index is 2.16. The van der Waals surface area contributed by atoms with Crippen molar-refractivity contribution >= 4 is 11.9 Å². The van der Waals surface area contributed by atoms with Crippen molar-refractivity contribution in [2.24, 2.45) is 17.8 Å². The van der Waals surface area contributed by atoms with Crippen LogP contribution < -0.4 is 0 Å². The van der Waals surface area contributed by atoms with E-state index in [0.29, 0.717) is 6.42 Å². The minimum atomic E-state index is -0.822. The largest absolute Gasteiger partial charge is 0.481 e. The van der Waals surface area contributed by atoms with Crippen LogP contribution in [0.15, 0.2) is 12.2 Å². The number of allylic oxidation sites excluding steroid dienone is 1. The van der Waals surface area contributed by atoms with E-state index in [0.717, 1.165) is 0 Å². The number of hydrogen-bond acceptors (Lipinski definition) is 3. The van der Waals surface area contributed by atoms with Gasteiger partial charge >= 0.3 is 11.9 Å². The van der Waals surface area contributed by atoms with Crippen LogP contribution in [0.4, 0.5) is 0 Å². The number of carboxylic acids is 1. The lowest BCUT2D eigenvalue weighted by Gasteiger charge is -2.30. The van der Waals surface area contributed by atoms with Gasteiger partial charge in [0.2, 0.25) is 0 Å². The van der Waals surface area contributed by atoms with E-state index in [9.17, 15) is 9.59 Å². The fraction of sp³-hybridized carbons (Fsp3) is 0.636. The molecule has 2 rings (SSSR count). The van der Waals surface area contributed by atoms with Gasteiger partial charge < -0.3 is 9.84 Å². The van der Waals surface area contributed by atoms with E-state index >= 15 is 0 Å². The highest BCUT2D eigenvalue weighted by Gasteiger charge is 2.43. The predicted molar refractivity (Wildman–Crippen MR) is 52.0 cm³/mol. The summed E-state index contributed by atoms with van der Waals surface area (Å²) >= 11 is 0. The van der Waals surface area contributed by atoms with Crippen LogP contribution in [0.2, 0.25) is 0 Å². The topological polar surface area (TPSA) is 63.6 Å². The zero-order chi connectivity index (χ0) is 11.0. The Morgan fingerprint density at radius 2 is 2.33 bits per heavy atom. The van der Waals surface area contributed by atoms with Crippen molar-refractivity contribution in [2.75, 3.05) is 0 Å². The van der Waals surface area contributed by atoms with Gasteiger partial charge in [-0.15, -0.1) is 0 Å². The van der Waals surface area contributed by atoms with E-state index in [1.807, 2.05) is 19.1 Å². The Bertz CT molecular complexity index is 321. The van der Waals surface area contributed by atoms with Gasteiger partial charge in [-0.3, -0.25) is 9.59 Å². The van der Waals surface area contributed by atoms with Gasteiger partial charge in [0.25, 0.3) is 0 Å². The predicted octanol–water partition coefficient (Wildman–Crippen LogP) is 1.21. The van der Waals surface area contributed by atoms with E-state index in [2.05, 4.69) is 0 Å². The second-order valence-electron chi connectivity index (χ2n) is 4.33. The van der Waals surface area contributed by atoms with Gasteiger partial charge in [-0.1, -0.05) is 19.1 Å². The van der Waals surface area contributed by atoms with Gasteiger partial charge in [-0.05, 0) is 5.92 Å². The third-order valence-electron chi connectivity index (χ3n) is 3.23. The van der Waals surface area contributed by atoms with Crippen molar-refractivity contribution in [3.05, 3.63) is 12.2 Å². The van der Waals surface area contributed by atoms with Gasteiger partial charge in [-0.2, -0.15) is 0 Å². The van der Waals surface area contributed by atoms with Crippen molar-refractivity contribution in [2.45, 2.75) is 25.9 Å². The summed E-state index contributed by atoms with van der Waals surface area (Å²) < 4.78 is 5.21. The molecule has 1 fully saturated rings. The van der Waals surface area contributed by atoms with Crippen molar-refractivity contribution in [1.29, 1.82) is 0 Å². The molecule has 1 aliphatic heterocycles. The number of ether oxygens (including phenoxy) is 1. The molecule has 1 aliphatic carbocycles. The summed E-state index contributed by atoms with van der Waals surface area (Å²) in [5, 5.41) is 8.76. The highest BCUT2D eigenvalue weighted by Crippen LogP contribution is 2.39. The molecule has 4 heteroatoms. The van der Waals surface area contributed by atoms with Gasteiger partial charge in [0.15, 0.2) is 0 Å². The molecular formula is C11H14O4. The van der Waals surface area contributed by atoms with Crippen LogP contribution in [-0.4, -0.2) is 23.1 Å². The van der Waals surface area contributed by atoms with Gasteiger partial charge in [0.1, 0.15) is 6.10 Å². The summed E-state index contributed by atoms with van der Waals surface area (Å²) in [7, 11) is 0. The summed E-state index contributed by atoms with van der Waals surface area (Å²) in [4.78, 5) is 21.8. The van der Waals surface area contributed by atoms with Crippen LogP contribution in [0, 0.1) is 17.8 Å². The summed E-state index contributed by atoms with van der Waals surface area (Å²) in [6.45, 7) is 1.99. The first kappa shape index (κ1) is 10.2. The highest BCUT2D eigenvalue weighted by atomic mass is 16.6. The number of rotatable bonds is 2. The van der Waals surface area contributed by atoms with Crippen LogP contribution in [0.3, 0.4) is 0 Å². The molecule has 2 aliphatic rings. The Hall–Kier alpha value is -1.32. The Labute approximate surface area is 87.9 Å². The van der Waals surface area contributed by atoms with Crippen molar-refractivity contribution in [3.63, 3.8) is 0 Å². The molecule has 1 N–H and O–H groups in total. The molecule has 0 spiro atoms. The summed E-state index contributed by atoms with van der Waals surface area (Å²) in [5.41, 5.74) is 0. The monoisotopic (exact) mass is 210 g/mol. The van der Waals surface area contributed by atoms with Gasteiger partial charge in [0.05, 0.1) is 12.8 Å². The third kappa shape index (κ3) is 1.89. The van der Waals surface area contributed by atoms with E-state index in [1.54, 1.807) is 0 Å². The average Bonchev–Trinajstić information content (AvgIpc) is 2.52. The van der Waals surface area contributed by atoms with Crippen molar-refractivity contribution in [3.8, 4) is 0 Å². The molecule has 1 heterocycles. The number of carboxylic acid groups (broad SMARTS) is 1. The number of carbonyl (C=O) groups is 2. The first-order valence-corrected chi connectivity index (χ1v) is 5.17. The van der Waals surface area contributed by atoms with Crippen LogP contribution in [-0.2, 0) is 14.3 Å². The molecule has 4 atom stereocenters. The zero-order valence-corrected chi connectivity index (χ0v) is 8.55. The zero-order valence-electron chi connectivity index (χ0n) is 8.55. The SMILES string of the molecule is C[C@H]1C=C[C@H](CC(=O)O)[C@@H]2CC(=O)O[C@@H]21. The standard InChI is InChI=1S/C11H14O4/c1-6-2-3-7(4-9(12)13)8-5-10(14)15-11(6)8/h2-3,6-8,11H,4-5H2,1H3,(H,12,13)/t6-,7+,8-,11+/m0/s1. The quantitative estimate of drug-likeness (QED) is 0.549. The summed E-state index contributed by atoms with van der Waals surface area (Å²) in [6.07, 6.45) is 4.19. The average molecular weight is 210 g/mol. The molecule has 0 unspecified atom stereocenters. The molecule has 15 heavy (non-hydrogen) atoms. The van der Waals surface area contributed by atoms with Gasteiger partial charge in [-0.25, -0.2) is 0 Å². The first-order valence-electron chi connectivity index (χ1n) is 5.17. The molecule has 0 radical (unpaired) electrons. The minimum Gasteiger partial charge on any atom is -0.481 e. The lowest BCUT2D eigenvalue weighted by molar-refractivity contribution is -0.142. The molecule has 0 amide bonds. The van der Waals surface area contributed by atoms with Crippen molar-refractivity contribution in [1.82, 2.24) is 0 Å². The molecule has 0 aromatic carbocycles. The molecule has 0 aromatic rings. The third-order valence-corrected chi connectivity index (χ3v) is 3.23. The molecule has 0 bridgehead atoms. The molecule has 82 valence electrons. The number of carbonyl (C=O) groups excluding carboxylic acids is 1. The lowest BCUT2D eigenvalue weighted by Crippen LogP contribution is -2.32. The second kappa shape index (κ2) is 3.68. The maximum absolute atomic E-state index is 11.2. The van der Waals surface area contributed by atoms with Crippen LogP contribution in [0.1, 0.15) is 19.8 Å². The maximum atomic E-state index is 11.2. The fourth-order valence-corrected chi connectivity index (χ4v) is 2.48. The first-order chi connectivity index (χ1) is 7.08. The molecule has 4 nitrogen and oxygen atoms in total. The Kier molecular flexibility index (Phi) is 2.50. The summed E-state index contributed by atoms with van der Waals surface area (Å²) in [6, 6.07) is 0. The summed E-state index contributed by atoms with van der Waals surface area (Å²) in [5.74, 6) is -0.830. The fourth-order valence-electron chi connectivity index (χ4n) is 2.48. The molecular weight excluding hydrogens is 196 g/mol. The lowest BCUT2D eigenvalue weighted by atomic mass is 9.75. The smallest absolute Gasteiger partial charge is 0.306 e. The van der Waals surface area contributed by atoms with Crippen molar-refractivity contribution < 1.29 is 19.4 Å². The highest BCUT2D eigenvalue weighted by molar-refractivity contribution is 5.73. The van der Waals surface area contributed by atoms with E-state index in [4.69, 9.17) is 9.84 Å². The molecule has 0 saturated carbocycles. The van der Waals surface area contributed by atoms with Crippen LogP contribution >= 0.6 is 0 Å². The van der Waals surface area contributed by atoms with E-state index in [1.165, 1.54) is 0 Å². The van der Waals surface area contributed by atoms with E-state index in [-0.39, 0.29) is 36.2 Å². The number of esters is 1. The molecule has 0 aromatic heterocycles. The number of aliphatic carboxylic acids is 1.